The fourth-order valence-electron chi connectivity index (χ4n) is 3.44. The molecule has 2 atom stereocenters. The van der Waals surface area contributed by atoms with Crippen LogP contribution in [0.2, 0.25) is 0 Å². The molecule has 1 saturated heterocycles. The van der Waals surface area contributed by atoms with Crippen LogP contribution in [0.3, 0.4) is 0 Å². The minimum absolute atomic E-state index is 0.0962. The van der Waals surface area contributed by atoms with E-state index in [2.05, 4.69) is 17.5 Å². The van der Waals surface area contributed by atoms with Crippen molar-refractivity contribution >= 4 is 17.5 Å². The van der Waals surface area contributed by atoms with E-state index >= 15 is 0 Å². The molecule has 24 heavy (non-hydrogen) atoms. The molecule has 0 saturated carbocycles. The molecule has 0 aromatic heterocycles. The number of likely N-dealkylation sites (tertiary alicyclic amines) is 1. The van der Waals surface area contributed by atoms with E-state index in [9.17, 15) is 9.59 Å². The van der Waals surface area contributed by atoms with E-state index in [1.807, 2.05) is 0 Å². The number of rotatable bonds is 5. The molecular formula is C19H24N2O3. The van der Waals surface area contributed by atoms with Crippen LogP contribution in [-0.4, -0.2) is 36.4 Å². The number of nitrogens with zero attached hydrogens (tertiary/aromatic N) is 1. The van der Waals surface area contributed by atoms with Crippen LogP contribution in [0.1, 0.15) is 32.1 Å². The van der Waals surface area contributed by atoms with Crippen LogP contribution in [0.25, 0.3) is 0 Å². The number of nitrogens with one attached hydrogen (secondary N) is 1. The van der Waals surface area contributed by atoms with Crippen molar-refractivity contribution in [1.29, 1.82) is 0 Å². The Hall–Kier alpha value is -2.30. The highest BCUT2D eigenvalue weighted by Gasteiger charge is 2.34. The lowest BCUT2D eigenvalue weighted by atomic mass is 10.0. The predicted octanol–water partition coefficient (Wildman–Crippen LogP) is 2.98. The molecule has 1 N–H and O–H groups in total. The topological polar surface area (TPSA) is 58.6 Å². The van der Waals surface area contributed by atoms with Gasteiger partial charge in [-0.1, -0.05) is 12.2 Å². The van der Waals surface area contributed by atoms with E-state index in [1.54, 1.807) is 36.3 Å². The van der Waals surface area contributed by atoms with Crippen molar-refractivity contribution in [2.24, 2.45) is 5.92 Å². The van der Waals surface area contributed by atoms with Gasteiger partial charge >= 0.3 is 0 Å². The van der Waals surface area contributed by atoms with Gasteiger partial charge < -0.3 is 15.0 Å². The first-order valence-electron chi connectivity index (χ1n) is 8.58. The zero-order valence-electron chi connectivity index (χ0n) is 14.0. The van der Waals surface area contributed by atoms with Crippen LogP contribution in [0.5, 0.6) is 5.75 Å². The Balaban J connectivity index is 1.59. The SMILES string of the molecule is COc1ccc(NC(=O)[C@H]2CCCN2C(=O)C[C@H]2C=CCC2)cc1. The van der Waals surface area contributed by atoms with Crippen LogP contribution in [0.15, 0.2) is 36.4 Å². The summed E-state index contributed by atoms with van der Waals surface area (Å²) in [6.07, 6.45) is 8.49. The number of amides is 2. The highest BCUT2D eigenvalue weighted by atomic mass is 16.5. The summed E-state index contributed by atoms with van der Waals surface area (Å²) < 4.78 is 5.11. The van der Waals surface area contributed by atoms with Gasteiger partial charge in [-0.3, -0.25) is 9.59 Å². The average molecular weight is 328 g/mol. The molecule has 5 heteroatoms. The lowest BCUT2D eigenvalue weighted by Crippen LogP contribution is -2.43. The van der Waals surface area contributed by atoms with E-state index in [4.69, 9.17) is 4.74 Å². The molecule has 2 aliphatic rings. The minimum Gasteiger partial charge on any atom is -0.497 e. The number of ether oxygens (including phenoxy) is 1. The third-order valence-corrected chi connectivity index (χ3v) is 4.78. The predicted molar refractivity (Wildman–Crippen MR) is 92.8 cm³/mol. The van der Waals surface area contributed by atoms with Crippen LogP contribution >= 0.6 is 0 Å². The number of hydrogen-bond acceptors (Lipinski definition) is 3. The number of anilines is 1. The maximum atomic E-state index is 12.6. The average Bonchev–Trinajstić information content (AvgIpc) is 3.27. The standard InChI is InChI=1S/C19H24N2O3/c1-24-16-10-8-15(9-11-16)20-19(23)17-7-4-12-21(17)18(22)13-14-5-2-3-6-14/h2,5,8-11,14,17H,3-4,6-7,12-13H2,1H3,(H,20,23)/t14-,17+/m0/s1. The Labute approximate surface area is 142 Å². The summed E-state index contributed by atoms with van der Waals surface area (Å²) in [6.45, 7) is 0.677. The molecule has 1 aromatic rings. The highest BCUT2D eigenvalue weighted by Crippen LogP contribution is 2.25. The summed E-state index contributed by atoms with van der Waals surface area (Å²) in [5, 5.41) is 2.91. The van der Waals surface area contributed by atoms with Gasteiger partial charge in [0, 0.05) is 18.7 Å². The maximum Gasteiger partial charge on any atom is 0.247 e. The van der Waals surface area contributed by atoms with Gasteiger partial charge in [-0.2, -0.15) is 0 Å². The molecule has 0 bridgehead atoms. The second-order valence-electron chi connectivity index (χ2n) is 6.43. The fourth-order valence-corrected chi connectivity index (χ4v) is 3.44. The van der Waals surface area contributed by atoms with Gasteiger partial charge in [0.2, 0.25) is 11.8 Å². The number of benzene rings is 1. The minimum atomic E-state index is -0.356. The zero-order chi connectivity index (χ0) is 16.9. The number of carbonyl (C=O) groups excluding carboxylic acids is 2. The Bertz CT molecular complexity index is 624. The van der Waals surface area contributed by atoms with Gasteiger partial charge in [0.05, 0.1) is 7.11 Å². The lowest BCUT2D eigenvalue weighted by Gasteiger charge is -2.25. The van der Waals surface area contributed by atoms with Gasteiger partial charge in [-0.25, -0.2) is 0 Å². The Morgan fingerprint density at radius 1 is 1.25 bits per heavy atom. The molecule has 1 aromatic carbocycles. The van der Waals surface area contributed by atoms with Crippen molar-refractivity contribution in [2.45, 2.75) is 38.1 Å². The molecule has 0 unspecified atom stereocenters. The van der Waals surface area contributed by atoms with E-state index in [-0.39, 0.29) is 17.9 Å². The van der Waals surface area contributed by atoms with Gasteiger partial charge in [-0.05, 0) is 55.9 Å². The van der Waals surface area contributed by atoms with Gasteiger partial charge in [0.15, 0.2) is 0 Å². The quantitative estimate of drug-likeness (QED) is 0.845. The van der Waals surface area contributed by atoms with E-state index in [0.717, 1.165) is 37.1 Å². The second kappa shape index (κ2) is 7.51. The normalized spacial score (nSPS) is 22.6. The zero-order valence-corrected chi connectivity index (χ0v) is 14.0. The molecule has 0 spiro atoms. The van der Waals surface area contributed by atoms with Crippen LogP contribution in [0, 0.1) is 5.92 Å². The number of carbonyl (C=O) groups is 2. The van der Waals surface area contributed by atoms with Crippen LogP contribution < -0.4 is 10.1 Å². The molecule has 128 valence electrons. The van der Waals surface area contributed by atoms with Crippen molar-refractivity contribution in [3.8, 4) is 5.75 Å². The Morgan fingerprint density at radius 3 is 2.71 bits per heavy atom. The van der Waals surface area contributed by atoms with Crippen molar-refractivity contribution in [3.63, 3.8) is 0 Å². The summed E-state index contributed by atoms with van der Waals surface area (Å²) in [5.74, 6) is 1.07. The summed E-state index contributed by atoms with van der Waals surface area (Å²) in [4.78, 5) is 26.9. The first kappa shape index (κ1) is 16.6. The first-order chi connectivity index (χ1) is 11.7. The summed E-state index contributed by atoms with van der Waals surface area (Å²) in [7, 11) is 1.61. The van der Waals surface area contributed by atoms with Crippen molar-refractivity contribution in [2.75, 3.05) is 19.0 Å². The number of allylic oxidation sites excluding steroid dienone is 2. The summed E-state index contributed by atoms with van der Waals surface area (Å²) >= 11 is 0. The van der Waals surface area contributed by atoms with Gasteiger partial charge in [0.25, 0.3) is 0 Å². The van der Waals surface area contributed by atoms with E-state index in [1.165, 1.54) is 0 Å². The number of hydrogen-bond donors (Lipinski definition) is 1. The molecule has 1 aliphatic carbocycles. The molecule has 1 aliphatic heterocycles. The molecule has 0 radical (unpaired) electrons. The second-order valence-corrected chi connectivity index (χ2v) is 6.43. The monoisotopic (exact) mass is 328 g/mol. The molecule has 1 fully saturated rings. The largest absolute Gasteiger partial charge is 0.497 e. The fraction of sp³-hybridized carbons (Fsp3) is 0.474. The third-order valence-electron chi connectivity index (χ3n) is 4.78. The van der Waals surface area contributed by atoms with E-state index in [0.29, 0.717) is 18.9 Å². The molecule has 5 nitrogen and oxygen atoms in total. The molecule has 1 heterocycles. The molecular weight excluding hydrogens is 304 g/mol. The Morgan fingerprint density at radius 2 is 2.04 bits per heavy atom. The molecule has 3 rings (SSSR count). The van der Waals surface area contributed by atoms with Crippen LogP contribution in [0.4, 0.5) is 5.69 Å². The Kier molecular flexibility index (Phi) is 5.18. The van der Waals surface area contributed by atoms with Crippen molar-refractivity contribution in [1.82, 2.24) is 4.90 Å². The van der Waals surface area contributed by atoms with Gasteiger partial charge in [-0.15, -0.1) is 0 Å². The van der Waals surface area contributed by atoms with Gasteiger partial charge in [0.1, 0.15) is 11.8 Å². The lowest BCUT2D eigenvalue weighted by molar-refractivity contribution is -0.137. The third kappa shape index (κ3) is 3.78. The van der Waals surface area contributed by atoms with E-state index < -0.39 is 0 Å². The van der Waals surface area contributed by atoms with Crippen molar-refractivity contribution in [3.05, 3.63) is 36.4 Å². The summed E-state index contributed by atoms with van der Waals surface area (Å²) in [5.41, 5.74) is 0.721. The van der Waals surface area contributed by atoms with Crippen molar-refractivity contribution < 1.29 is 14.3 Å². The maximum absolute atomic E-state index is 12.6. The first-order valence-corrected chi connectivity index (χ1v) is 8.58. The number of methoxy groups -OCH3 is 1. The summed E-state index contributed by atoms with van der Waals surface area (Å²) in [6, 6.07) is 6.87. The highest BCUT2D eigenvalue weighted by molar-refractivity contribution is 5.97. The molecule has 2 amide bonds. The van der Waals surface area contributed by atoms with Crippen LogP contribution in [-0.2, 0) is 9.59 Å². The smallest absolute Gasteiger partial charge is 0.247 e.